The third-order valence-electron chi connectivity index (χ3n) is 4.94. The first-order valence-electron chi connectivity index (χ1n) is 8.77. The summed E-state index contributed by atoms with van der Waals surface area (Å²) in [6, 6.07) is 12.8. The topological polar surface area (TPSA) is 51.4 Å². The zero-order chi connectivity index (χ0) is 16.9. The molecule has 0 saturated heterocycles. The first kappa shape index (κ1) is 16.8. The van der Waals surface area contributed by atoms with Crippen LogP contribution in [-0.4, -0.2) is 30.1 Å². The lowest BCUT2D eigenvalue weighted by Gasteiger charge is -2.31. The van der Waals surface area contributed by atoms with Crippen molar-refractivity contribution in [1.29, 1.82) is 0 Å². The smallest absolute Gasteiger partial charge is 0.128 e. The van der Waals surface area contributed by atoms with Crippen molar-refractivity contribution in [3.05, 3.63) is 42.0 Å². The van der Waals surface area contributed by atoms with Crippen molar-refractivity contribution in [2.45, 2.75) is 44.7 Å². The largest absolute Gasteiger partial charge is 0.496 e. The zero-order valence-electron chi connectivity index (χ0n) is 14.7. The van der Waals surface area contributed by atoms with Crippen molar-refractivity contribution < 1.29 is 4.74 Å². The van der Waals surface area contributed by atoms with Gasteiger partial charge in [-0.3, -0.25) is 4.90 Å². The van der Waals surface area contributed by atoms with Gasteiger partial charge >= 0.3 is 0 Å². The Kier molecular flexibility index (Phi) is 5.36. The van der Waals surface area contributed by atoms with E-state index in [1.165, 1.54) is 37.7 Å². The molecule has 1 aliphatic carbocycles. The highest BCUT2D eigenvalue weighted by Crippen LogP contribution is 2.31. The molecular weight excluding hydrogens is 298 g/mol. The molecule has 2 aromatic rings. The average molecular weight is 325 g/mol. The second-order valence-corrected chi connectivity index (χ2v) is 6.69. The quantitative estimate of drug-likeness (QED) is 0.899. The number of nitrogen functional groups attached to an aromatic ring is 1. The molecule has 0 amide bonds. The summed E-state index contributed by atoms with van der Waals surface area (Å²) < 4.78 is 5.61. The second-order valence-electron chi connectivity index (χ2n) is 6.69. The number of hydrogen-bond acceptors (Lipinski definition) is 4. The third-order valence-corrected chi connectivity index (χ3v) is 4.94. The molecule has 0 atom stereocenters. The van der Waals surface area contributed by atoms with E-state index >= 15 is 0 Å². The van der Waals surface area contributed by atoms with Crippen LogP contribution in [0.25, 0.3) is 11.3 Å². The van der Waals surface area contributed by atoms with E-state index in [2.05, 4.69) is 35.1 Å². The first-order valence-corrected chi connectivity index (χ1v) is 8.77. The van der Waals surface area contributed by atoms with Gasteiger partial charge in [-0.05, 0) is 49.7 Å². The number of anilines is 1. The van der Waals surface area contributed by atoms with Gasteiger partial charge < -0.3 is 10.5 Å². The summed E-state index contributed by atoms with van der Waals surface area (Å²) in [6.45, 7) is 0.950. The summed E-state index contributed by atoms with van der Waals surface area (Å²) in [6.07, 6.45) is 6.74. The molecule has 24 heavy (non-hydrogen) atoms. The number of pyridine rings is 1. The fourth-order valence-corrected chi connectivity index (χ4v) is 3.59. The lowest BCUT2D eigenvalue weighted by molar-refractivity contribution is 0.184. The van der Waals surface area contributed by atoms with Crippen molar-refractivity contribution in [3.63, 3.8) is 0 Å². The Balaban J connectivity index is 1.78. The molecule has 1 heterocycles. The van der Waals surface area contributed by atoms with Crippen molar-refractivity contribution in [2.75, 3.05) is 19.9 Å². The Morgan fingerprint density at radius 3 is 2.67 bits per heavy atom. The van der Waals surface area contributed by atoms with E-state index < -0.39 is 0 Å². The number of nitrogens with two attached hydrogens (primary N) is 1. The van der Waals surface area contributed by atoms with Gasteiger partial charge in [0.1, 0.15) is 11.6 Å². The number of hydrogen-bond donors (Lipinski definition) is 1. The van der Waals surface area contributed by atoms with Gasteiger partial charge in [-0.1, -0.05) is 31.4 Å². The van der Waals surface area contributed by atoms with Gasteiger partial charge in [0.25, 0.3) is 0 Å². The summed E-state index contributed by atoms with van der Waals surface area (Å²) in [5.74, 6) is 1.37. The number of rotatable bonds is 5. The molecule has 1 fully saturated rings. The SMILES string of the molecule is COc1cc(CN(C)C2CCCCC2)ccc1-c1cccc(N)n1. The van der Waals surface area contributed by atoms with Crippen LogP contribution in [0.15, 0.2) is 36.4 Å². The summed E-state index contributed by atoms with van der Waals surface area (Å²) in [7, 11) is 3.94. The predicted molar refractivity (Wildman–Crippen MR) is 99.0 cm³/mol. The predicted octanol–water partition coefficient (Wildman–Crippen LogP) is 4.10. The van der Waals surface area contributed by atoms with E-state index in [1.807, 2.05) is 12.1 Å². The number of aromatic nitrogens is 1. The van der Waals surface area contributed by atoms with Crippen molar-refractivity contribution in [1.82, 2.24) is 9.88 Å². The van der Waals surface area contributed by atoms with Gasteiger partial charge in [-0.2, -0.15) is 0 Å². The van der Waals surface area contributed by atoms with E-state index in [4.69, 9.17) is 10.5 Å². The normalized spacial score (nSPS) is 15.6. The summed E-state index contributed by atoms with van der Waals surface area (Å²) in [5, 5.41) is 0. The molecule has 0 bridgehead atoms. The highest BCUT2D eigenvalue weighted by atomic mass is 16.5. The van der Waals surface area contributed by atoms with Crippen molar-refractivity contribution in [2.24, 2.45) is 0 Å². The highest BCUT2D eigenvalue weighted by Gasteiger charge is 2.18. The van der Waals surface area contributed by atoms with Crippen LogP contribution in [-0.2, 0) is 6.54 Å². The lowest BCUT2D eigenvalue weighted by Crippen LogP contribution is -2.32. The fraction of sp³-hybridized carbons (Fsp3) is 0.450. The van der Waals surface area contributed by atoms with Crippen LogP contribution in [0.4, 0.5) is 5.82 Å². The molecule has 3 rings (SSSR count). The van der Waals surface area contributed by atoms with Crippen LogP contribution in [0, 0.1) is 0 Å². The van der Waals surface area contributed by atoms with Gasteiger partial charge in [0.05, 0.1) is 12.8 Å². The van der Waals surface area contributed by atoms with Crippen molar-refractivity contribution in [3.8, 4) is 17.0 Å². The molecule has 0 aliphatic heterocycles. The molecule has 0 spiro atoms. The molecule has 1 aromatic heterocycles. The minimum Gasteiger partial charge on any atom is -0.496 e. The zero-order valence-corrected chi connectivity index (χ0v) is 14.7. The van der Waals surface area contributed by atoms with Crippen LogP contribution in [0.3, 0.4) is 0 Å². The molecule has 4 heteroatoms. The van der Waals surface area contributed by atoms with Gasteiger partial charge in [0.2, 0.25) is 0 Å². The fourth-order valence-electron chi connectivity index (χ4n) is 3.59. The first-order chi connectivity index (χ1) is 11.7. The third kappa shape index (κ3) is 3.88. The van der Waals surface area contributed by atoms with Gasteiger partial charge in [-0.25, -0.2) is 4.98 Å². The minimum absolute atomic E-state index is 0.524. The van der Waals surface area contributed by atoms with Crippen LogP contribution >= 0.6 is 0 Å². The molecule has 2 N–H and O–H groups in total. The monoisotopic (exact) mass is 325 g/mol. The van der Waals surface area contributed by atoms with E-state index in [1.54, 1.807) is 13.2 Å². The Labute approximate surface area is 144 Å². The molecule has 1 saturated carbocycles. The minimum atomic E-state index is 0.524. The summed E-state index contributed by atoms with van der Waals surface area (Å²) >= 11 is 0. The number of nitrogens with zero attached hydrogens (tertiary/aromatic N) is 2. The molecule has 1 aromatic carbocycles. The molecule has 128 valence electrons. The van der Waals surface area contributed by atoms with Crippen LogP contribution in [0.1, 0.15) is 37.7 Å². The van der Waals surface area contributed by atoms with Gasteiger partial charge in [0.15, 0.2) is 0 Å². The maximum absolute atomic E-state index is 5.81. The standard InChI is InChI=1S/C20H27N3O/c1-23(16-7-4-3-5-8-16)14-15-11-12-17(19(13-15)24-2)18-9-6-10-20(21)22-18/h6,9-13,16H,3-5,7-8,14H2,1-2H3,(H2,21,22). The summed E-state index contributed by atoms with van der Waals surface area (Å²) in [4.78, 5) is 6.88. The van der Waals surface area contributed by atoms with E-state index in [0.29, 0.717) is 11.9 Å². The highest BCUT2D eigenvalue weighted by molar-refractivity contribution is 5.68. The Morgan fingerprint density at radius 1 is 1.17 bits per heavy atom. The Morgan fingerprint density at radius 2 is 1.96 bits per heavy atom. The van der Waals surface area contributed by atoms with Gasteiger partial charge in [0, 0.05) is 18.2 Å². The molecular formula is C20H27N3O. The molecule has 4 nitrogen and oxygen atoms in total. The van der Waals surface area contributed by atoms with Crippen LogP contribution < -0.4 is 10.5 Å². The number of ether oxygens (including phenoxy) is 1. The maximum Gasteiger partial charge on any atom is 0.128 e. The van der Waals surface area contributed by atoms with Crippen molar-refractivity contribution >= 4 is 5.82 Å². The maximum atomic E-state index is 5.81. The molecule has 1 aliphatic rings. The van der Waals surface area contributed by atoms with Crippen LogP contribution in [0.2, 0.25) is 0 Å². The van der Waals surface area contributed by atoms with E-state index in [-0.39, 0.29) is 0 Å². The van der Waals surface area contributed by atoms with E-state index in [0.717, 1.165) is 23.6 Å². The number of benzene rings is 1. The van der Waals surface area contributed by atoms with Crippen LogP contribution in [0.5, 0.6) is 5.75 Å². The molecule has 0 radical (unpaired) electrons. The number of methoxy groups -OCH3 is 1. The Hall–Kier alpha value is -2.07. The molecule has 0 unspecified atom stereocenters. The van der Waals surface area contributed by atoms with Gasteiger partial charge in [-0.15, -0.1) is 0 Å². The second kappa shape index (κ2) is 7.67. The average Bonchev–Trinajstić information content (AvgIpc) is 2.62. The van der Waals surface area contributed by atoms with E-state index in [9.17, 15) is 0 Å². The Bertz CT molecular complexity index is 680. The summed E-state index contributed by atoms with van der Waals surface area (Å²) in [5.41, 5.74) is 8.90. The lowest BCUT2D eigenvalue weighted by atomic mass is 9.94.